The van der Waals surface area contributed by atoms with E-state index in [0.717, 1.165) is 37.7 Å². The van der Waals surface area contributed by atoms with Crippen molar-refractivity contribution in [1.29, 1.82) is 0 Å². The van der Waals surface area contributed by atoms with E-state index in [1.807, 2.05) is 0 Å². The third-order valence-electron chi connectivity index (χ3n) is 3.28. The third kappa shape index (κ3) is 2.76. The number of hydrogen-bond donors (Lipinski definition) is 1. The van der Waals surface area contributed by atoms with E-state index in [-0.39, 0.29) is 0 Å². The molecule has 1 aliphatic heterocycles. The molecule has 1 saturated heterocycles. The van der Waals surface area contributed by atoms with Crippen molar-refractivity contribution in [3.8, 4) is 0 Å². The van der Waals surface area contributed by atoms with Crippen LogP contribution < -0.4 is 5.32 Å². The smallest absolute Gasteiger partial charge is 0.0441 e. The summed E-state index contributed by atoms with van der Waals surface area (Å²) in [5, 5.41) is 4.26. The van der Waals surface area contributed by atoms with Crippen molar-refractivity contribution in [2.24, 2.45) is 0 Å². The molecule has 2 nitrogen and oxygen atoms in total. The van der Waals surface area contributed by atoms with Gasteiger partial charge in [0.1, 0.15) is 0 Å². The van der Waals surface area contributed by atoms with E-state index in [2.05, 4.69) is 36.2 Å². The number of nitrogens with one attached hydrogen (secondary N) is 1. The fourth-order valence-electron chi connectivity index (χ4n) is 2.11. The second-order valence-electron chi connectivity index (χ2n) is 4.55. The average molecular weight is 239 g/mol. The summed E-state index contributed by atoms with van der Waals surface area (Å²) in [4.78, 5) is 2.47. The Balaban J connectivity index is 2.09. The van der Waals surface area contributed by atoms with Gasteiger partial charge < -0.3 is 5.32 Å². The molecular formula is C13H19ClN2. The molecule has 1 aliphatic rings. The SMILES string of the molecule is Cc1cc(CN2CCNCC2)cc(Cl)c1C. The molecule has 0 saturated carbocycles. The Morgan fingerprint density at radius 2 is 1.94 bits per heavy atom. The van der Waals surface area contributed by atoms with Crippen molar-refractivity contribution in [3.05, 3.63) is 33.8 Å². The van der Waals surface area contributed by atoms with Crippen molar-refractivity contribution in [3.63, 3.8) is 0 Å². The van der Waals surface area contributed by atoms with Crippen LogP contribution in [0.3, 0.4) is 0 Å². The summed E-state index contributed by atoms with van der Waals surface area (Å²) in [5.74, 6) is 0. The topological polar surface area (TPSA) is 15.3 Å². The Labute approximate surface area is 103 Å². The number of hydrogen-bond acceptors (Lipinski definition) is 2. The molecule has 2 rings (SSSR count). The van der Waals surface area contributed by atoms with Gasteiger partial charge in [0, 0.05) is 37.7 Å². The molecule has 0 unspecified atom stereocenters. The summed E-state index contributed by atoms with van der Waals surface area (Å²) in [6, 6.07) is 4.36. The van der Waals surface area contributed by atoms with Gasteiger partial charge >= 0.3 is 0 Å². The summed E-state index contributed by atoms with van der Waals surface area (Å²) >= 11 is 6.21. The van der Waals surface area contributed by atoms with Crippen molar-refractivity contribution in [1.82, 2.24) is 10.2 Å². The van der Waals surface area contributed by atoms with Crippen LogP contribution >= 0.6 is 11.6 Å². The van der Waals surface area contributed by atoms with Crippen LogP contribution in [0.2, 0.25) is 5.02 Å². The maximum absolute atomic E-state index is 6.21. The van der Waals surface area contributed by atoms with Gasteiger partial charge in [-0.05, 0) is 36.6 Å². The van der Waals surface area contributed by atoms with E-state index in [9.17, 15) is 0 Å². The molecule has 0 aromatic heterocycles. The number of piperazine rings is 1. The van der Waals surface area contributed by atoms with Gasteiger partial charge in [-0.1, -0.05) is 17.7 Å². The van der Waals surface area contributed by atoms with E-state index in [1.165, 1.54) is 16.7 Å². The van der Waals surface area contributed by atoms with Crippen LogP contribution in [0.15, 0.2) is 12.1 Å². The predicted molar refractivity (Wildman–Crippen MR) is 69.1 cm³/mol. The molecule has 1 aromatic carbocycles. The Morgan fingerprint density at radius 1 is 1.25 bits per heavy atom. The number of halogens is 1. The molecule has 0 bridgehead atoms. The molecule has 1 N–H and O–H groups in total. The minimum Gasteiger partial charge on any atom is -0.314 e. The first-order chi connectivity index (χ1) is 7.66. The summed E-state index contributed by atoms with van der Waals surface area (Å²) in [5.41, 5.74) is 3.82. The Bertz CT molecular complexity index is 347. The van der Waals surface area contributed by atoms with Gasteiger partial charge in [0.2, 0.25) is 0 Å². The molecule has 0 amide bonds. The number of benzene rings is 1. The second-order valence-corrected chi connectivity index (χ2v) is 4.95. The zero-order valence-electron chi connectivity index (χ0n) is 10.0. The van der Waals surface area contributed by atoms with Gasteiger partial charge in [0.05, 0.1) is 0 Å². The van der Waals surface area contributed by atoms with Gasteiger partial charge in [0.15, 0.2) is 0 Å². The van der Waals surface area contributed by atoms with E-state index in [4.69, 9.17) is 11.6 Å². The molecule has 0 atom stereocenters. The lowest BCUT2D eigenvalue weighted by atomic mass is 10.1. The molecule has 1 aromatic rings. The lowest BCUT2D eigenvalue weighted by Crippen LogP contribution is -2.42. The summed E-state index contributed by atoms with van der Waals surface area (Å²) in [6.07, 6.45) is 0. The van der Waals surface area contributed by atoms with Gasteiger partial charge in [-0.15, -0.1) is 0 Å². The lowest BCUT2D eigenvalue weighted by molar-refractivity contribution is 0.233. The quantitative estimate of drug-likeness (QED) is 0.851. The monoisotopic (exact) mass is 238 g/mol. The van der Waals surface area contributed by atoms with E-state index in [1.54, 1.807) is 0 Å². The van der Waals surface area contributed by atoms with Crippen LogP contribution in [-0.2, 0) is 6.54 Å². The highest BCUT2D eigenvalue weighted by Gasteiger charge is 2.11. The highest BCUT2D eigenvalue weighted by molar-refractivity contribution is 6.31. The van der Waals surface area contributed by atoms with Crippen LogP contribution in [0.25, 0.3) is 0 Å². The highest BCUT2D eigenvalue weighted by atomic mass is 35.5. The number of nitrogens with zero attached hydrogens (tertiary/aromatic N) is 1. The third-order valence-corrected chi connectivity index (χ3v) is 3.67. The van der Waals surface area contributed by atoms with Gasteiger partial charge in [-0.2, -0.15) is 0 Å². The van der Waals surface area contributed by atoms with Gasteiger partial charge in [-0.3, -0.25) is 4.90 Å². The minimum absolute atomic E-state index is 0.894. The van der Waals surface area contributed by atoms with Crippen LogP contribution in [0.4, 0.5) is 0 Å². The fraction of sp³-hybridized carbons (Fsp3) is 0.538. The molecule has 16 heavy (non-hydrogen) atoms. The molecule has 0 aliphatic carbocycles. The normalized spacial score (nSPS) is 17.7. The number of aryl methyl sites for hydroxylation is 1. The van der Waals surface area contributed by atoms with Crippen LogP contribution in [0, 0.1) is 13.8 Å². The van der Waals surface area contributed by atoms with Crippen molar-refractivity contribution in [2.45, 2.75) is 20.4 Å². The summed E-state index contributed by atoms with van der Waals surface area (Å²) < 4.78 is 0. The summed E-state index contributed by atoms with van der Waals surface area (Å²) in [6.45, 7) is 9.67. The van der Waals surface area contributed by atoms with Crippen LogP contribution in [0.5, 0.6) is 0 Å². The Kier molecular flexibility index (Phi) is 3.85. The fourth-order valence-corrected chi connectivity index (χ4v) is 2.40. The molecule has 3 heteroatoms. The zero-order valence-corrected chi connectivity index (χ0v) is 10.8. The first-order valence-corrected chi connectivity index (χ1v) is 6.23. The van der Waals surface area contributed by atoms with Crippen molar-refractivity contribution in [2.75, 3.05) is 26.2 Å². The molecule has 0 spiro atoms. The Hall–Kier alpha value is -0.570. The predicted octanol–water partition coefficient (Wildman–Crippen LogP) is 2.36. The maximum Gasteiger partial charge on any atom is 0.0441 e. The van der Waals surface area contributed by atoms with Crippen molar-refractivity contribution < 1.29 is 0 Å². The average Bonchev–Trinajstić information content (AvgIpc) is 2.27. The lowest BCUT2D eigenvalue weighted by Gasteiger charge is -2.27. The van der Waals surface area contributed by atoms with E-state index >= 15 is 0 Å². The van der Waals surface area contributed by atoms with Crippen LogP contribution in [0.1, 0.15) is 16.7 Å². The second kappa shape index (κ2) is 5.17. The molecular weight excluding hydrogens is 220 g/mol. The largest absolute Gasteiger partial charge is 0.314 e. The van der Waals surface area contributed by atoms with Crippen molar-refractivity contribution >= 4 is 11.6 Å². The van der Waals surface area contributed by atoms with Gasteiger partial charge in [0.25, 0.3) is 0 Å². The minimum atomic E-state index is 0.894. The first kappa shape index (κ1) is 11.9. The zero-order chi connectivity index (χ0) is 11.5. The van der Waals surface area contributed by atoms with Crippen LogP contribution in [-0.4, -0.2) is 31.1 Å². The van der Waals surface area contributed by atoms with Gasteiger partial charge in [-0.25, -0.2) is 0 Å². The first-order valence-electron chi connectivity index (χ1n) is 5.85. The molecule has 1 fully saturated rings. The summed E-state index contributed by atoms with van der Waals surface area (Å²) in [7, 11) is 0. The van der Waals surface area contributed by atoms with E-state index in [0.29, 0.717) is 0 Å². The Morgan fingerprint density at radius 3 is 2.56 bits per heavy atom. The maximum atomic E-state index is 6.21. The number of rotatable bonds is 2. The standard InChI is InChI=1S/C13H19ClN2/c1-10-7-12(8-13(14)11(10)2)9-16-5-3-15-4-6-16/h7-8,15H,3-6,9H2,1-2H3. The molecule has 1 heterocycles. The van der Waals surface area contributed by atoms with E-state index < -0.39 is 0 Å². The molecule has 88 valence electrons. The molecule has 0 radical (unpaired) electrons. The highest BCUT2D eigenvalue weighted by Crippen LogP contribution is 2.21.